The van der Waals surface area contributed by atoms with Gasteiger partial charge >= 0.3 is 5.97 Å². The molecule has 0 bridgehead atoms. The lowest BCUT2D eigenvalue weighted by Crippen LogP contribution is -2.05. The number of aliphatic hydroxyl groups excluding tert-OH is 1. The second-order valence-electron chi connectivity index (χ2n) is 3.05. The van der Waals surface area contributed by atoms with Crippen molar-refractivity contribution in [3.8, 4) is 0 Å². The Morgan fingerprint density at radius 3 is 2.88 bits per heavy atom. The minimum atomic E-state index is -0.725. The normalized spacial score (nSPS) is 12.4. The van der Waals surface area contributed by atoms with Crippen LogP contribution in [0.1, 0.15) is 13.3 Å². The van der Waals surface area contributed by atoms with E-state index in [0.717, 1.165) is 0 Å². The van der Waals surface area contributed by atoms with Crippen molar-refractivity contribution in [1.29, 1.82) is 0 Å². The molecule has 1 aromatic heterocycles. The van der Waals surface area contributed by atoms with E-state index in [0.29, 0.717) is 5.69 Å². The fourth-order valence-corrected chi connectivity index (χ4v) is 1.00. The largest absolute Gasteiger partial charge is 0.510 e. The van der Waals surface area contributed by atoms with Gasteiger partial charge in [-0.1, -0.05) is 6.92 Å². The average molecular weight is 235 g/mol. The molecule has 0 aliphatic rings. The van der Waals surface area contributed by atoms with E-state index in [-0.39, 0.29) is 17.9 Å². The quantitative estimate of drug-likeness (QED) is 0.376. The summed E-state index contributed by atoms with van der Waals surface area (Å²) in [5.74, 6) is -0.888. The van der Waals surface area contributed by atoms with Crippen molar-refractivity contribution in [2.45, 2.75) is 13.3 Å². The van der Waals surface area contributed by atoms with Crippen molar-refractivity contribution in [1.82, 2.24) is 4.98 Å². The van der Waals surface area contributed by atoms with Crippen LogP contribution < -0.4 is 0 Å². The Morgan fingerprint density at radius 2 is 2.35 bits per heavy atom. The third-order valence-corrected chi connectivity index (χ3v) is 1.90. The van der Waals surface area contributed by atoms with Crippen LogP contribution in [0.25, 0.3) is 0 Å². The first kappa shape index (κ1) is 12.8. The number of aliphatic hydroxyl groups is 1. The first-order valence-electron chi connectivity index (χ1n) is 5.01. The summed E-state index contributed by atoms with van der Waals surface area (Å²) in [6, 6.07) is 3.37. The third kappa shape index (κ3) is 3.67. The summed E-state index contributed by atoms with van der Waals surface area (Å²) in [4.78, 5) is 15.2. The summed E-state index contributed by atoms with van der Waals surface area (Å²) in [7, 11) is 1.21. The highest BCUT2D eigenvalue weighted by atomic mass is 16.5. The molecule has 0 amide bonds. The highest BCUT2D eigenvalue weighted by Gasteiger charge is 2.14. The monoisotopic (exact) mass is 235 g/mol. The van der Waals surface area contributed by atoms with Gasteiger partial charge in [0.1, 0.15) is 11.4 Å². The number of hydrogen-bond donors (Lipinski definition) is 1. The summed E-state index contributed by atoms with van der Waals surface area (Å²) >= 11 is 0. The molecule has 6 nitrogen and oxygen atoms in total. The minimum Gasteiger partial charge on any atom is -0.510 e. The van der Waals surface area contributed by atoms with Crippen LogP contribution >= 0.6 is 0 Å². The fourth-order valence-electron chi connectivity index (χ4n) is 1.00. The van der Waals surface area contributed by atoms with E-state index in [1.165, 1.54) is 13.3 Å². The van der Waals surface area contributed by atoms with Crippen LogP contribution in [-0.4, -0.2) is 23.2 Å². The van der Waals surface area contributed by atoms with E-state index in [1.54, 1.807) is 25.3 Å². The molecule has 1 aromatic rings. The zero-order valence-corrected chi connectivity index (χ0v) is 9.62. The van der Waals surface area contributed by atoms with Gasteiger partial charge in [0.25, 0.3) is 0 Å². The van der Waals surface area contributed by atoms with Crippen molar-refractivity contribution in [2.75, 3.05) is 7.11 Å². The van der Waals surface area contributed by atoms with Crippen LogP contribution in [-0.2, 0) is 9.53 Å². The van der Waals surface area contributed by atoms with Crippen LogP contribution in [0.4, 0.5) is 5.69 Å². The zero-order chi connectivity index (χ0) is 12.7. The molecule has 1 rings (SSSR count). The molecule has 1 N–H and O–H groups in total. The Morgan fingerprint density at radius 1 is 1.59 bits per heavy atom. The first-order valence-corrected chi connectivity index (χ1v) is 5.01. The Balaban J connectivity index is 2.96. The van der Waals surface area contributed by atoms with E-state index in [9.17, 15) is 9.90 Å². The maximum absolute atomic E-state index is 11.3. The van der Waals surface area contributed by atoms with E-state index in [4.69, 9.17) is 0 Å². The van der Waals surface area contributed by atoms with E-state index in [1.807, 2.05) is 0 Å². The van der Waals surface area contributed by atoms with Crippen molar-refractivity contribution in [3.63, 3.8) is 0 Å². The van der Waals surface area contributed by atoms with Crippen LogP contribution in [0.15, 0.2) is 46.2 Å². The number of carbonyl (C=O) groups excluding carboxylic acids is 1. The Labute approximate surface area is 98.7 Å². The van der Waals surface area contributed by atoms with Crippen molar-refractivity contribution in [2.24, 2.45) is 10.2 Å². The molecule has 0 aliphatic heterocycles. The topological polar surface area (TPSA) is 84.1 Å². The van der Waals surface area contributed by atoms with Gasteiger partial charge in [0.2, 0.25) is 5.70 Å². The van der Waals surface area contributed by atoms with Gasteiger partial charge < -0.3 is 9.84 Å². The average Bonchev–Trinajstić information content (AvgIpc) is 2.39. The van der Waals surface area contributed by atoms with Crippen molar-refractivity contribution >= 4 is 11.7 Å². The maximum atomic E-state index is 11.3. The highest BCUT2D eigenvalue weighted by molar-refractivity contribution is 5.88. The van der Waals surface area contributed by atoms with Crippen LogP contribution in [0, 0.1) is 0 Å². The third-order valence-electron chi connectivity index (χ3n) is 1.90. The van der Waals surface area contributed by atoms with Gasteiger partial charge in [-0.25, -0.2) is 4.79 Å². The van der Waals surface area contributed by atoms with Gasteiger partial charge in [-0.05, 0) is 12.1 Å². The van der Waals surface area contributed by atoms with Gasteiger partial charge in [0, 0.05) is 12.6 Å². The number of carbonyl (C=O) groups is 1. The minimum absolute atomic E-state index is 0.163. The summed E-state index contributed by atoms with van der Waals surface area (Å²) in [5.41, 5.74) is 0.289. The van der Waals surface area contributed by atoms with Gasteiger partial charge in [-0.2, -0.15) is 0 Å². The second kappa shape index (κ2) is 6.37. The molecular formula is C11H13N3O3. The molecule has 0 spiro atoms. The SMILES string of the molecule is CCC(O)=C(N=Nc1cccnc1)C(=O)OC. The molecule has 6 heteroatoms. The van der Waals surface area contributed by atoms with Gasteiger partial charge in [-0.15, -0.1) is 10.2 Å². The van der Waals surface area contributed by atoms with Crippen LogP contribution in [0.5, 0.6) is 0 Å². The summed E-state index contributed by atoms with van der Waals surface area (Å²) in [6.45, 7) is 1.69. The summed E-state index contributed by atoms with van der Waals surface area (Å²) in [5, 5.41) is 17.0. The molecule has 1 heterocycles. The van der Waals surface area contributed by atoms with Gasteiger partial charge in [-0.3, -0.25) is 4.98 Å². The highest BCUT2D eigenvalue weighted by Crippen LogP contribution is 2.14. The number of methoxy groups -OCH3 is 1. The first-order chi connectivity index (χ1) is 8.19. The van der Waals surface area contributed by atoms with Crippen molar-refractivity contribution < 1.29 is 14.6 Å². The summed E-state index contributed by atoms with van der Waals surface area (Å²) < 4.78 is 4.50. The molecule has 0 saturated carbocycles. The summed E-state index contributed by atoms with van der Waals surface area (Å²) in [6.07, 6.45) is 3.36. The Kier molecular flexibility index (Phi) is 4.80. The van der Waals surface area contributed by atoms with Crippen LogP contribution in [0.3, 0.4) is 0 Å². The standard InChI is InChI=1S/C11H13N3O3/c1-3-9(15)10(11(16)17-2)14-13-8-5-4-6-12-7-8/h4-7,15H,3H2,1-2H3. The molecule has 17 heavy (non-hydrogen) atoms. The maximum Gasteiger partial charge on any atom is 0.362 e. The lowest BCUT2D eigenvalue weighted by molar-refractivity contribution is -0.136. The number of rotatable bonds is 4. The number of ether oxygens (including phenoxy) is 1. The second-order valence-corrected chi connectivity index (χ2v) is 3.05. The molecule has 0 fully saturated rings. The zero-order valence-electron chi connectivity index (χ0n) is 9.62. The number of aromatic nitrogens is 1. The predicted octanol–water partition coefficient (Wildman–Crippen LogP) is 2.52. The van der Waals surface area contributed by atoms with E-state index >= 15 is 0 Å². The lowest BCUT2D eigenvalue weighted by atomic mass is 10.3. The molecule has 90 valence electrons. The van der Waals surface area contributed by atoms with Gasteiger partial charge in [0.05, 0.1) is 13.3 Å². The number of nitrogens with zero attached hydrogens (tertiary/aromatic N) is 3. The number of azo groups is 1. The Hall–Kier alpha value is -2.24. The molecular weight excluding hydrogens is 222 g/mol. The van der Waals surface area contributed by atoms with Crippen LogP contribution in [0.2, 0.25) is 0 Å². The molecule has 0 aliphatic carbocycles. The Bertz CT molecular complexity index is 441. The predicted molar refractivity (Wildman–Crippen MR) is 60.7 cm³/mol. The smallest absolute Gasteiger partial charge is 0.362 e. The van der Waals surface area contributed by atoms with E-state index in [2.05, 4.69) is 19.9 Å². The molecule has 0 radical (unpaired) electrons. The fraction of sp³-hybridized carbons (Fsp3) is 0.273. The molecule has 0 unspecified atom stereocenters. The van der Waals surface area contributed by atoms with E-state index < -0.39 is 5.97 Å². The van der Waals surface area contributed by atoms with Gasteiger partial charge in [0.15, 0.2) is 0 Å². The lowest BCUT2D eigenvalue weighted by Gasteiger charge is -2.01. The van der Waals surface area contributed by atoms with Crippen molar-refractivity contribution in [3.05, 3.63) is 36.0 Å². The molecule has 0 aromatic carbocycles. The molecule has 0 saturated heterocycles. The molecule has 0 atom stereocenters. The number of hydrogen-bond acceptors (Lipinski definition) is 6. The number of allylic oxidation sites excluding steroid dienone is 1. The number of esters is 1. The number of pyridine rings is 1.